The second kappa shape index (κ2) is 12.0. The van der Waals surface area contributed by atoms with Crippen molar-refractivity contribution in [1.29, 1.82) is 0 Å². The molecule has 0 radical (unpaired) electrons. The maximum atomic E-state index is 12.1. The topological polar surface area (TPSA) is 94.8 Å². The lowest BCUT2D eigenvalue weighted by Crippen LogP contribution is -2.18. The van der Waals surface area contributed by atoms with Crippen LogP contribution in [-0.4, -0.2) is 39.3 Å². The number of aliphatic carboxylic acids is 1. The van der Waals surface area contributed by atoms with E-state index in [4.69, 9.17) is 5.11 Å². The second-order valence-corrected chi connectivity index (χ2v) is 6.86. The minimum absolute atomic E-state index is 0.0535. The Labute approximate surface area is 150 Å². The van der Waals surface area contributed by atoms with Gasteiger partial charge in [0.25, 0.3) is 0 Å². The van der Waals surface area contributed by atoms with Crippen LogP contribution in [0.15, 0.2) is 24.3 Å². The van der Waals surface area contributed by atoms with Crippen molar-refractivity contribution in [2.75, 3.05) is 0 Å². The molecule has 0 spiro atoms. The highest BCUT2D eigenvalue weighted by Gasteiger charge is 2.39. The van der Waals surface area contributed by atoms with E-state index in [1.54, 1.807) is 12.2 Å². The van der Waals surface area contributed by atoms with Crippen LogP contribution in [-0.2, 0) is 9.59 Å². The molecule has 1 aliphatic rings. The average Bonchev–Trinajstić information content (AvgIpc) is 2.82. The van der Waals surface area contributed by atoms with Gasteiger partial charge in [-0.2, -0.15) is 0 Å². The lowest BCUT2D eigenvalue weighted by molar-refractivity contribution is -0.137. The summed E-state index contributed by atoms with van der Waals surface area (Å²) in [5, 5.41) is 28.7. The Morgan fingerprint density at radius 1 is 1.28 bits per heavy atom. The molecule has 0 bridgehead atoms. The van der Waals surface area contributed by atoms with Gasteiger partial charge in [0.05, 0.1) is 12.2 Å². The van der Waals surface area contributed by atoms with E-state index in [0.717, 1.165) is 19.3 Å². The first-order chi connectivity index (χ1) is 12.0. The number of hydrogen-bond acceptors (Lipinski definition) is 4. The molecule has 0 saturated heterocycles. The summed E-state index contributed by atoms with van der Waals surface area (Å²) in [5.74, 6) is -1.26. The highest BCUT2D eigenvalue weighted by Crippen LogP contribution is 2.33. The normalized spacial score (nSPS) is 25.2. The molecule has 0 aliphatic heterocycles. The van der Waals surface area contributed by atoms with Crippen LogP contribution in [0, 0.1) is 11.8 Å². The molecule has 0 aromatic rings. The van der Waals surface area contributed by atoms with Gasteiger partial charge >= 0.3 is 5.97 Å². The first kappa shape index (κ1) is 21.6. The first-order valence-corrected chi connectivity index (χ1v) is 9.39. The van der Waals surface area contributed by atoms with Gasteiger partial charge in [0, 0.05) is 24.7 Å². The van der Waals surface area contributed by atoms with Gasteiger partial charge in [-0.1, -0.05) is 50.5 Å². The molecule has 0 amide bonds. The van der Waals surface area contributed by atoms with Crippen molar-refractivity contribution in [2.45, 2.75) is 76.9 Å². The molecule has 5 heteroatoms. The predicted octanol–water partition coefficient (Wildman–Crippen LogP) is 3.25. The van der Waals surface area contributed by atoms with E-state index in [2.05, 4.69) is 6.92 Å². The zero-order valence-corrected chi connectivity index (χ0v) is 15.1. The maximum absolute atomic E-state index is 12.1. The summed E-state index contributed by atoms with van der Waals surface area (Å²) >= 11 is 0. The number of allylic oxidation sites excluding steroid dienone is 2. The van der Waals surface area contributed by atoms with Crippen LogP contribution in [0.3, 0.4) is 0 Å². The third-order valence-electron chi connectivity index (χ3n) is 4.71. The van der Waals surface area contributed by atoms with Crippen molar-refractivity contribution >= 4 is 11.8 Å². The van der Waals surface area contributed by atoms with Gasteiger partial charge in [-0.3, -0.25) is 9.59 Å². The van der Waals surface area contributed by atoms with E-state index in [9.17, 15) is 19.8 Å². The molecule has 3 N–H and O–H groups in total. The van der Waals surface area contributed by atoms with Crippen LogP contribution in [0.5, 0.6) is 0 Å². The summed E-state index contributed by atoms with van der Waals surface area (Å²) in [4.78, 5) is 22.5. The first-order valence-electron chi connectivity index (χ1n) is 9.39. The average molecular weight is 352 g/mol. The van der Waals surface area contributed by atoms with E-state index < -0.39 is 18.2 Å². The van der Waals surface area contributed by atoms with Crippen LogP contribution in [0.2, 0.25) is 0 Å². The van der Waals surface area contributed by atoms with Gasteiger partial charge in [-0.05, 0) is 25.7 Å². The summed E-state index contributed by atoms with van der Waals surface area (Å²) < 4.78 is 0. The third-order valence-corrected chi connectivity index (χ3v) is 4.71. The Bertz CT molecular complexity index is 469. The van der Waals surface area contributed by atoms with E-state index in [1.165, 1.54) is 0 Å². The Morgan fingerprint density at radius 2 is 2.04 bits per heavy atom. The van der Waals surface area contributed by atoms with Gasteiger partial charge in [0.2, 0.25) is 0 Å². The molecule has 4 atom stereocenters. The number of Topliss-reactive ketones (excluding diaryl/α,β-unsaturated/α-hetero) is 1. The molecule has 1 rings (SSSR count). The quantitative estimate of drug-likeness (QED) is 0.370. The number of aliphatic hydroxyl groups is 2. The van der Waals surface area contributed by atoms with Crippen LogP contribution in [0.1, 0.15) is 64.7 Å². The standard InChI is InChI=1S/C20H32O5/c1-2-3-6-9-15(21)12-13-17-16(18(22)14-19(17)23)10-7-4-5-8-11-20(24)25/h4,7,12-13,15-17,19,21,23H,2-3,5-6,8-11,14H2,1H3,(H,24,25)/b7-4?,13-12+/t15-,16+,17+,19+/m0/s1. The lowest BCUT2D eigenvalue weighted by Gasteiger charge is -2.16. The number of carboxylic acids is 1. The van der Waals surface area contributed by atoms with E-state index in [0.29, 0.717) is 25.7 Å². The highest BCUT2D eigenvalue weighted by molar-refractivity contribution is 5.84. The summed E-state index contributed by atoms with van der Waals surface area (Å²) in [7, 11) is 0. The van der Waals surface area contributed by atoms with Gasteiger partial charge in [0.1, 0.15) is 5.78 Å². The van der Waals surface area contributed by atoms with Crippen LogP contribution in [0.25, 0.3) is 0 Å². The molecule has 0 aromatic heterocycles. The smallest absolute Gasteiger partial charge is 0.303 e. The van der Waals surface area contributed by atoms with Crippen molar-refractivity contribution < 1.29 is 24.9 Å². The molecule has 25 heavy (non-hydrogen) atoms. The van der Waals surface area contributed by atoms with Crippen molar-refractivity contribution in [2.24, 2.45) is 11.8 Å². The summed E-state index contributed by atoms with van der Waals surface area (Å²) in [6.45, 7) is 2.11. The monoisotopic (exact) mass is 352 g/mol. The molecule has 1 aliphatic carbocycles. The Balaban J connectivity index is 2.48. The number of rotatable bonds is 12. The summed E-state index contributed by atoms with van der Waals surface area (Å²) in [5.41, 5.74) is 0. The number of hydrogen-bond donors (Lipinski definition) is 3. The number of carbonyl (C=O) groups is 2. The molecule has 0 unspecified atom stereocenters. The Kier molecular flexibility index (Phi) is 10.3. The lowest BCUT2D eigenvalue weighted by atomic mass is 9.90. The second-order valence-electron chi connectivity index (χ2n) is 6.86. The van der Waals surface area contributed by atoms with E-state index in [-0.39, 0.29) is 30.5 Å². The summed E-state index contributed by atoms with van der Waals surface area (Å²) in [6.07, 6.45) is 12.1. The van der Waals surface area contributed by atoms with E-state index in [1.807, 2.05) is 12.2 Å². The van der Waals surface area contributed by atoms with Gasteiger partial charge in [-0.25, -0.2) is 0 Å². The zero-order chi connectivity index (χ0) is 18.7. The van der Waals surface area contributed by atoms with Crippen molar-refractivity contribution in [3.63, 3.8) is 0 Å². The number of carbonyl (C=O) groups excluding carboxylic acids is 1. The van der Waals surface area contributed by atoms with Crippen LogP contribution in [0.4, 0.5) is 0 Å². The number of ketones is 1. The fourth-order valence-electron chi connectivity index (χ4n) is 3.22. The maximum Gasteiger partial charge on any atom is 0.303 e. The molecule has 5 nitrogen and oxygen atoms in total. The van der Waals surface area contributed by atoms with Gasteiger partial charge < -0.3 is 15.3 Å². The molecule has 0 aromatic carbocycles. The van der Waals surface area contributed by atoms with E-state index >= 15 is 0 Å². The van der Waals surface area contributed by atoms with Crippen molar-refractivity contribution in [3.05, 3.63) is 24.3 Å². The molecular weight excluding hydrogens is 320 g/mol. The minimum atomic E-state index is -0.801. The molecule has 0 heterocycles. The largest absolute Gasteiger partial charge is 0.481 e. The third kappa shape index (κ3) is 8.45. The molecule has 1 saturated carbocycles. The van der Waals surface area contributed by atoms with Crippen LogP contribution < -0.4 is 0 Å². The SMILES string of the molecule is CCCCC[C@H](O)/C=C/[C@H]1[C@H](O)CC(=O)[C@@H]1CC=CCCCC(=O)O. The minimum Gasteiger partial charge on any atom is -0.481 e. The highest BCUT2D eigenvalue weighted by atomic mass is 16.4. The zero-order valence-electron chi connectivity index (χ0n) is 15.1. The summed E-state index contributed by atoms with van der Waals surface area (Å²) in [6, 6.07) is 0. The van der Waals surface area contributed by atoms with Gasteiger partial charge in [-0.15, -0.1) is 0 Å². The molecule has 142 valence electrons. The van der Waals surface area contributed by atoms with Crippen LogP contribution >= 0.6 is 0 Å². The Hall–Kier alpha value is -1.46. The van der Waals surface area contributed by atoms with Crippen molar-refractivity contribution in [3.8, 4) is 0 Å². The number of unbranched alkanes of at least 4 members (excludes halogenated alkanes) is 3. The Morgan fingerprint density at radius 3 is 2.72 bits per heavy atom. The fourth-order valence-corrected chi connectivity index (χ4v) is 3.22. The predicted molar refractivity (Wildman–Crippen MR) is 97.1 cm³/mol. The van der Waals surface area contributed by atoms with Gasteiger partial charge in [0.15, 0.2) is 0 Å². The molecule has 1 fully saturated rings. The number of carboxylic acid groups (broad SMARTS) is 1. The van der Waals surface area contributed by atoms with Crippen molar-refractivity contribution in [1.82, 2.24) is 0 Å². The number of aliphatic hydroxyl groups excluding tert-OH is 2. The fraction of sp³-hybridized carbons (Fsp3) is 0.700. The molecular formula is C20H32O5.